The first kappa shape index (κ1) is 11.4. The van der Waals surface area contributed by atoms with E-state index in [1.54, 1.807) is 18.2 Å². The van der Waals surface area contributed by atoms with E-state index in [1.807, 2.05) is 20.8 Å². The lowest BCUT2D eigenvalue weighted by molar-refractivity contribution is 0.0636. The van der Waals surface area contributed by atoms with Crippen molar-refractivity contribution in [3.05, 3.63) is 24.6 Å². The van der Waals surface area contributed by atoms with Crippen LogP contribution in [-0.2, 0) is 4.74 Å². The van der Waals surface area contributed by atoms with E-state index in [1.165, 1.54) is 6.39 Å². The van der Waals surface area contributed by atoms with Gasteiger partial charge >= 0.3 is 6.09 Å². The van der Waals surface area contributed by atoms with Crippen molar-refractivity contribution in [1.82, 2.24) is 4.98 Å². The minimum atomic E-state index is -0.528. The maximum absolute atomic E-state index is 11.6. The molecule has 17 heavy (non-hydrogen) atoms. The Labute approximate surface area is 98.8 Å². The first-order chi connectivity index (χ1) is 7.96. The van der Waals surface area contributed by atoms with E-state index in [4.69, 9.17) is 9.15 Å². The minimum Gasteiger partial charge on any atom is -0.444 e. The van der Waals surface area contributed by atoms with Crippen LogP contribution in [0.15, 0.2) is 29.0 Å². The van der Waals surface area contributed by atoms with Crippen LogP contribution in [0.25, 0.3) is 11.1 Å². The molecule has 5 heteroatoms. The van der Waals surface area contributed by atoms with Gasteiger partial charge in [-0.3, -0.25) is 5.32 Å². The van der Waals surface area contributed by atoms with E-state index in [9.17, 15) is 4.79 Å². The van der Waals surface area contributed by atoms with Crippen LogP contribution in [0.1, 0.15) is 20.8 Å². The quantitative estimate of drug-likeness (QED) is 0.823. The Morgan fingerprint density at radius 2 is 2.18 bits per heavy atom. The van der Waals surface area contributed by atoms with Crippen LogP contribution in [0, 0.1) is 0 Å². The fraction of sp³-hybridized carbons (Fsp3) is 0.333. The summed E-state index contributed by atoms with van der Waals surface area (Å²) in [6.07, 6.45) is 0.826. The van der Waals surface area contributed by atoms with E-state index < -0.39 is 11.7 Å². The molecule has 5 nitrogen and oxygen atoms in total. The molecule has 1 amide bonds. The molecule has 0 bridgehead atoms. The molecule has 2 aromatic rings. The van der Waals surface area contributed by atoms with Gasteiger partial charge in [-0.15, -0.1) is 0 Å². The van der Waals surface area contributed by atoms with Gasteiger partial charge in [-0.25, -0.2) is 9.78 Å². The van der Waals surface area contributed by atoms with Crippen molar-refractivity contribution in [3.8, 4) is 0 Å². The molecular formula is C12H14N2O3. The summed E-state index contributed by atoms with van der Waals surface area (Å²) in [6.45, 7) is 5.42. The number of ether oxygens (including phenoxy) is 1. The zero-order chi connectivity index (χ0) is 12.5. The Balaban J connectivity index is 2.18. The molecule has 1 N–H and O–H groups in total. The van der Waals surface area contributed by atoms with Crippen molar-refractivity contribution in [2.45, 2.75) is 26.4 Å². The van der Waals surface area contributed by atoms with Crippen molar-refractivity contribution in [1.29, 1.82) is 0 Å². The lowest BCUT2D eigenvalue weighted by Crippen LogP contribution is -2.27. The van der Waals surface area contributed by atoms with Crippen molar-refractivity contribution in [2.24, 2.45) is 0 Å². The van der Waals surface area contributed by atoms with Gasteiger partial charge in [0, 0.05) is 0 Å². The van der Waals surface area contributed by atoms with Gasteiger partial charge < -0.3 is 9.15 Å². The largest absolute Gasteiger partial charge is 0.444 e. The van der Waals surface area contributed by atoms with Crippen molar-refractivity contribution < 1.29 is 13.9 Å². The number of oxazole rings is 1. The summed E-state index contributed by atoms with van der Waals surface area (Å²) in [5, 5.41) is 2.63. The Hall–Kier alpha value is -2.04. The van der Waals surface area contributed by atoms with Gasteiger partial charge in [0.2, 0.25) is 0 Å². The Kier molecular flexibility index (Phi) is 2.75. The third-order valence-corrected chi connectivity index (χ3v) is 1.99. The van der Waals surface area contributed by atoms with E-state index in [0.29, 0.717) is 16.8 Å². The molecule has 0 fully saturated rings. The second-order valence-electron chi connectivity index (χ2n) is 4.63. The standard InChI is InChI=1S/C12H14N2O3/c1-12(2,3)17-11(15)14-9-6-4-5-8-10(9)16-7-13-8/h4-7H,1-3H3,(H,14,15). The second kappa shape index (κ2) is 4.08. The Morgan fingerprint density at radius 3 is 2.88 bits per heavy atom. The molecule has 0 unspecified atom stereocenters. The van der Waals surface area contributed by atoms with Crippen LogP contribution < -0.4 is 5.32 Å². The highest BCUT2D eigenvalue weighted by Gasteiger charge is 2.17. The number of hydrogen-bond donors (Lipinski definition) is 1. The van der Waals surface area contributed by atoms with Crippen LogP contribution >= 0.6 is 0 Å². The Bertz CT molecular complexity index is 540. The zero-order valence-electron chi connectivity index (χ0n) is 9.98. The molecule has 1 heterocycles. The third kappa shape index (κ3) is 2.75. The Morgan fingerprint density at radius 1 is 1.41 bits per heavy atom. The number of carbonyl (C=O) groups excluding carboxylic acids is 1. The van der Waals surface area contributed by atoms with Crippen LogP contribution in [0.2, 0.25) is 0 Å². The van der Waals surface area contributed by atoms with Gasteiger partial charge in [0.25, 0.3) is 0 Å². The van der Waals surface area contributed by atoms with Crippen molar-refractivity contribution in [2.75, 3.05) is 5.32 Å². The normalized spacial score (nSPS) is 11.5. The monoisotopic (exact) mass is 234 g/mol. The molecule has 0 aliphatic carbocycles. The first-order valence-electron chi connectivity index (χ1n) is 5.28. The molecule has 2 rings (SSSR count). The highest BCUT2D eigenvalue weighted by atomic mass is 16.6. The fourth-order valence-electron chi connectivity index (χ4n) is 1.40. The predicted molar refractivity (Wildman–Crippen MR) is 63.9 cm³/mol. The molecule has 0 atom stereocenters. The molecule has 0 saturated heterocycles. The molecule has 0 spiro atoms. The maximum atomic E-state index is 11.6. The van der Waals surface area contributed by atoms with Gasteiger partial charge in [-0.2, -0.15) is 0 Å². The number of nitrogens with one attached hydrogen (secondary N) is 1. The number of para-hydroxylation sites is 1. The fourth-order valence-corrected chi connectivity index (χ4v) is 1.40. The number of hydrogen-bond acceptors (Lipinski definition) is 4. The summed E-state index contributed by atoms with van der Waals surface area (Å²) in [5.74, 6) is 0. The van der Waals surface area contributed by atoms with Crippen LogP contribution in [0.4, 0.5) is 10.5 Å². The number of anilines is 1. The summed E-state index contributed by atoms with van der Waals surface area (Å²) < 4.78 is 10.4. The summed E-state index contributed by atoms with van der Waals surface area (Å²) in [6, 6.07) is 5.33. The van der Waals surface area contributed by atoms with Crippen LogP contribution in [0.5, 0.6) is 0 Å². The van der Waals surface area contributed by atoms with Gasteiger partial charge in [-0.05, 0) is 32.9 Å². The van der Waals surface area contributed by atoms with Crippen molar-refractivity contribution in [3.63, 3.8) is 0 Å². The van der Waals surface area contributed by atoms with Gasteiger partial charge in [0.1, 0.15) is 11.1 Å². The summed E-state index contributed by atoms with van der Waals surface area (Å²) in [4.78, 5) is 15.6. The molecular weight excluding hydrogens is 220 g/mol. The first-order valence-corrected chi connectivity index (χ1v) is 5.28. The van der Waals surface area contributed by atoms with E-state index >= 15 is 0 Å². The minimum absolute atomic E-state index is 0.513. The highest BCUT2D eigenvalue weighted by molar-refractivity contribution is 5.95. The van der Waals surface area contributed by atoms with Crippen LogP contribution in [-0.4, -0.2) is 16.7 Å². The maximum Gasteiger partial charge on any atom is 0.412 e. The SMILES string of the molecule is CC(C)(C)OC(=O)Nc1cccc2ncoc12. The number of rotatable bonds is 1. The second-order valence-corrected chi connectivity index (χ2v) is 4.63. The van der Waals surface area contributed by atoms with Gasteiger partial charge in [0.15, 0.2) is 12.0 Å². The van der Waals surface area contributed by atoms with E-state index in [0.717, 1.165) is 0 Å². The van der Waals surface area contributed by atoms with Crippen molar-refractivity contribution >= 4 is 22.9 Å². The lowest BCUT2D eigenvalue weighted by atomic mass is 10.2. The molecule has 1 aromatic heterocycles. The number of carbonyl (C=O) groups is 1. The molecule has 0 saturated carbocycles. The van der Waals surface area contributed by atoms with Gasteiger partial charge in [-0.1, -0.05) is 6.07 Å². The molecule has 0 radical (unpaired) electrons. The smallest absolute Gasteiger partial charge is 0.412 e. The lowest BCUT2D eigenvalue weighted by Gasteiger charge is -2.19. The predicted octanol–water partition coefficient (Wildman–Crippen LogP) is 3.17. The molecule has 90 valence electrons. The zero-order valence-corrected chi connectivity index (χ0v) is 9.98. The summed E-state index contributed by atoms with van der Waals surface area (Å²) >= 11 is 0. The van der Waals surface area contributed by atoms with E-state index in [-0.39, 0.29) is 0 Å². The molecule has 0 aliphatic heterocycles. The molecule has 0 aliphatic rings. The number of fused-ring (bicyclic) bond motifs is 1. The van der Waals surface area contributed by atoms with E-state index in [2.05, 4.69) is 10.3 Å². The molecule has 1 aromatic carbocycles. The summed E-state index contributed by atoms with van der Waals surface area (Å²) in [5.41, 5.74) is 1.26. The average molecular weight is 234 g/mol. The highest BCUT2D eigenvalue weighted by Crippen LogP contribution is 2.22. The number of benzene rings is 1. The third-order valence-electron chi connectivity index (χ3n) is 1.99. The van der Waals surface area contributed by atoms with Gasteiger partial charge in [0.05, 0.1) is 5.69 Å². The number of amides is 1. The number of nitrogens with zero attached hydrogens (tertiary/aromatic N) is 1. The average Bonchev–Trinajstić information content (AvgIpc) is 2.63. The summed E-state index contributed by atoms with van der Waals surface area (Å²) in [7, 11) is 0. The van der Waals surface area contributed by atoms with Crippen LogP contribution in [0.3, 0.4) is 0 Å². The number of aromatic nitrogens is 1. The topological polar surface area (TPSA) is 64.4 Å².